The van der Waals surface area contributed by atoms with Gasteiger partial charge in [-0.25, -0.2) is 4.79 Å². The van der Waals surface area contributed by atoms with Crippen LogP contribution in [0.4, 0.5) is 4.79 Å². The Morgan fingerprint density at radius 3 is 2.25 bits per heavy atom. The highest BCUT2D eigenvalue weighted by molar-refractivity contribution is 5.69. The average molecular weight is 285 g/mol. The van der Waals surface area contributed by atoms with Gasteiger partial charge >= 0.3 is 12.1 Å². The second-order valence-electron chi connectivity index (χ2n) is 6.48. The van der Waals surface area contributed by atoms with Gasteiger partial charge in [-0.15, -0.1) is 0 Å². The number of ether oxygens (including phenoxy) is 2. The largest absolute Gasteiger partial charge is 0.469 e. The summed E-state index contributed by atoms with van der Waals surface area (Å²) >= 11 is 0. The molecule has 0 aromatic carbocycles. The second-order valence-corrected chi connectivity index (χ2v) is 6.48. The van der Waals surface area contributed by atoms with Crippen LogP contribution in [-0.4, -0.2) is 30.8 Å². The predicted molar refractivity (Wildman–Crippen MR) is 76.4 cm³/mol. The topological polar surface area (TPSA) is 64.6 Å². The lowest BCUT2D eigenvalue weighted by Crippen LogP contribution is -2.40. The van der Waals surface area contributed by atoms with Gasteiger partial charge in [-0.05, 0) is 58.8 Å². The van der Waals surface area contributed by atoms with Crippen molar-refractivity contribution < 1.29 is 19.1 Å². The molecule has 1 fully saturated rings. The molecule has 0 spiro atoms. The maximum absolute atomic E-state index is 11.7. The summed E-state index contributed by atoms with van der Waals surface area (Å²) in [6, 6.07) is 0.194. The summed E-state index contributed by atoms with van der Waals surface area (Å²) in [6.45, 7) is 5.57. The molecule has 5 heteroatoms. The minimum Gasteiger partial charge on any atom is -0.469 e. The van der Waals surface area contributed by atoms with E-state index in [2.05, 4.69) is 10.1 Å². The minimum absolute atomic E-state index is 0.140. The zero-order chi connectivity index (χ0) is 15.2. The van der Waals surface area contributed by atoms with Crippen molar-refractivity contribution in [1.82, 2.24) is 5.32 Å². The van der Waals surface area contributed by atoms with E-state index >= 15 is 0 Å². The molecule has 0 bridgehead atoms. The van der Waals surface area contributed by atoms with Crippen molar-refractivity contribution in [3.8, 4) is 0 Å². The molecule has 1 N–H and O–H groups in total. The number of alkyl carbamates (subject to hydrolysis) is 1. The van der Waals surface area contributed by atoms with Gasteiger partial charge in [0.1, 0.15) is 5.60 Å². The fourth-order valence-corrected chi connectivity index (χ4v) is 2.49. The van der Waals surface area contributed by atoms with Crippen molar-refractivity contribution in [2.24, 2.45) is 5.92 Å². The van der Waals surface area contributed by atoms with Crippen LogP contribution >= 0.6 is 0 Å². The normalized spacial score (nSPS) is 23.0. The summed E-state index contributed by atoms with van der Waals surface area (Å²) in [5.74, 6) is 0.421. The Labute approximate surface area is 121 Å². The molecular weight excluding hydrogens is 258 g/mol. The number of methoxy groups -OCH3 is 1. The summed E-state index contributed by atoms with van der Waals surface area (Å²) in [7, 11) is 1.42. The minimum atomic E-state index is -0.457. The highest BCUT2D eigenvalue weighted by atomic mass is 16.6. The van der Waals surface area contributed by atoms with E-state index in [1.54, 1.807) is 0 Å². The number of esters is 1. The van der Waals surface area contributed by atoms with E-state index in [1.807, 2.05) is 20.8 Å². The van der Waals surface area contributed by atoms with Crippen LogP contribution in [0.3, 0.4) is 0 Å². The fraction of sp³-hybridized carbons (Fsp3) is 0.867. The highest BCUT2D eigenvalue weighted by Gasteiger charge is 2.24. The first-order valence-electron chi connectivity index (χ1n) is 7.36. The smallest absolute Gasteiger partial charge is 0.407 e. The van der Waals surface area contributed by atoms with Crippen LogP contribution in [0.15, 0.2) is 0 Å². The van der Waals surface area contributed by atoms with Gasteiger partial charge in [0.2, 0.25) is 0 Å². The third-order valence-corrected chi connectivity index (χ3v) is 3.55. The molecule has 1 rings (SSSR count). The molecule has 0 aromatic heterocycles. The van der Waals surface area contributed by atoms with Crippen molar-refractivity contribution in [2.45, 2.75) is 70.9 Å². The Morgan fingerprint density at radius 2 is 1.75 bits per heavy atom. The lowest BCUT2D eigenvalue weighted by molar-refractivity contribution is -0.141. The van der Waals surface area contributed by atoms with Crippen molar-refractivity contribution >= 4 is 12.1 Å². The van der Waals surface area contributed by atoms with Crippen LogP contribution in [0.25, 0.3) is 0 Å². The zero-order valence-electron chi connectivity index (χ0n) is 13.0. The lowest BCUT2D eigenvalue weighted by Gasteiger charge is -2.29. The van der Waals surface area contributed by atoms with Crippen molar-refractivity contribution in [3.05, 3.63) is 0 Å². The van der Waals surface area contributed by atoms with Crippen LogP contribution in [0.5, 0.6) is 0 Å². The average Bonchev–Trinajstić information content (AvgIpc) is 2.35. The molecular formula is C15H27NO4. The maximum atomic E-state index is 11.7. The molecule has 116 valence electrons. The maximum Gasteiger partial charge on any atom is 0.407 e. The van der Waals surface area contributed by atoms with E-state index in [9.17, 15) is 9.59 Å². The van der Waals surface area contributed by atoms with E-state index in [4.69, 9.17) is 4.74 Å². The van der Waals surface area contributed by atoms with Crippen LogP contribution in [0.1, 0.15) is 59.3 Å². The van der Waals surface area contributed by atoms with Crippen molar-refractivity contribution in [1.29, 1.82) is 0 Å². The molecule has 1 aliphatic carbocycles. The molecule has 0 unspecified atom stereocenters. The van der Waals surface area contributed by atoms with Crippen molar-refractivity contribution in [3.63, 3.8) is 0 Å². The third-order valence-electron chi connectivity index (χ3n) is 3.55. The summed E-state index contributed by atoms with van der Waals surface area (Å²) in [5.41, 5.74) is -0.457. The molecule has 1 saturated carbocycles. The third kappa shape index (κ3) is 6.78. The summed E-state index contributed by atoms with van der Waals surface area (Å²) in [4.78, 5) is 22.8. The number of amides is 1. The Morgan fingerprint density at radius 1 is 1.15 bits per heavy atom. The van der Waals surface area contributed by atoms with Crippen LogP contribution in [0, 0.1) is 5.92 Å². The van der Waals surface area contributed by atoms with Gasteiger partial charge in [0.15, 0.2) is 0 Å². The number of rotatable bonds is 4. The zero-order valence-corrected chi connectivity index (χ0v) is 13.0. The van der Waals surface area contributed by atoms with Gasteiger partial charge in [-0.2, -0.15) is 0 Å². The van der Waals surface area contributed by atoms with E-state index in [1.165, 1.54) is 7.11 Å². The molecule has 0 heterocycles. The summed E-state index contributed by atoms with van der Waals surface area (Å²) in [5, 5.41) is 2.92. The monoisotopic (exact) mass is 285 g/mol. The predicted octanol–water partition coefficient (Wildman–Crippen LogP) is 3.02. The first kappa shape index (κ1) is 16.8. The first-order chi connectivity index (χ1) is 9.30. The number of nitrogens with one attached hydrogen (secondary N) is 1. The molecule has 0 atom stereocenters. The van der Waals surface area contributed by atoms with Crippen molar-refractivity contribution in [2.75, 3.05) is 7.11 Å². The molecule has 0 aromatic rings. The number of carbonyl (C=O) groups excluding carboxylic acids is 2. The molecule has 20 heavy (non-hydrogen) atoms. The Hall–Kier alpha value is -1.26. The lowest BCUT2D eigenvalue weighted by atomic mass is 9.83. The van der Waals surface area contributed by atoms with Gasteiger partial charge < -0.3 is 14.8 Å². The van der Waals surface area contributed by atoms with Gasteiger partial charge in [-0.1, -0.05) is 0 Å². The Balaban J connectivity index is 2.22. The molecule has 1 aliphatic rings. The van der Waals surface area contributed by atoms with E-state index in [0.29, 0.717) is 12.3 Å². The quantitative estimate of drug-likeness (QED) is 0.806. The summed E-state index contributed by atoms with van der Waals surface area (Å²) < 4.78 is 9.90. The van der Waals surface area contributed by atoms with Gasteiger partial charge in [0, 0.05) is 12.5 Å². The SMILES string of the molecule is COC(=O)CC[C@H]1CC[C@H](NC(=O)OC(C)(C)C)CC1. The molecule has 0 radical (unpaired) electrons. The summed E-state index contributed by atoms with van der Waals surface area (Å²) in [6.07, 6.45) is 5.01. The number of hydrogen-bond donors (Lipinski definition) is 1. The fourth-order valence-electron chi connectivity index (χ4n) is 2.49. The van der Waals surface area contributed by atoms with E-state index < -0.39 is 5.60 Å². The molecule has 5 nitrogen and oxygen atoms in total. The molecule has 0 saturated heterocycles. The molecule has 0 aliphatic heterocycles. The van der Waals surface area contributed by atoms with E-state index in [-0.39, 0.29) is 18.1 Å². The second kappa shape index (κ2) is 7.50. The van der Waals surface area contributed by atoms with Gasteiger partial charge in [-0.3, -0.25) is 4.79 Å². The van der Waals surface area contributed by atoms with Crippen LogP contribution in [-0.2, 0) is 14.3 Å². The Bertz CT molecular complexity index is 327. The standard InChI is InChI=1S/C15H27NO4/c1-15(2,3)20-14(18)16-12-8-5-11(6-9-12)7-10-13(17)19-4/h11-12H,5-10H2,1-4H3,(H,16,18)/t11-,12-. The molecule has 1 amide bonds. The van der Waals surface area contributed by atoms with Gasteiger partial charge in [0.25, 0.3) is 0 Å². The van der Waals surface area contributed by atoms with Gasteiger partial charge in [0.05, 0.1) is 7.11 Å². The van der Waals surface area contributed by atoms with Crippen LogP contribution in [0.2, 0.25) is 0 Å². The first-order valence-corrected chi connectivity index (χ1v) is 7.36. The van der Waals surface area contributed by atoms with Crippen LogP contribution < -0.4 is 5.32 Å². The Kier molecular flexibility index (Phi) is 6.30. The number of hydrogen-bond acceptors (Lipinski definition) is 4. The van der Waals surface area contributed by atoms with E-state index in [0.717, 1.165) is 32.1 Å². The highest BCUT2D eigenvalue weighted by Crippen LogP contribution is 2.28. The number of carbonyl (C=O) groups is 2.